The Hall–Kier alpha value is -3.16. The third kappa shape index (κ3) is 5.61. The summed E-state index contributed by atoms with van der Waals surface area (Å²) in [6.45, 7) is 3.53. The molecule has 2 aromatic carbocycles. The molecule has 3 aromatic rings. The molecule has 1 N–H and O–H groups in total. The highest BCUT2D eigenvalue weighted by Crippen LogP contribution is 2.34. The van der Waals surface area contributed by atoms with Gasteiger partial charge in [-0.05, 0) is 49.2 Å². The molecule has 2 heterocycles. The average Bonchev–Trinajstić information content (AvgIpc) is 3.29. The van der Waals surface area contributed by atoms with E-state index in [1.807, 2.05) is 49.4 Å². The quantitative estimate of drug-likeness (QED) is 0.498. The van der Waals surface area contributed by atoms with E-state index in [1.165, 1.54) is 6.07 Å². The highest BCUT2D eigenvalue weighted by molar-refractivity contribution is 5.58. The van der Waals surface area contributed by atoms with Crippen LogP contribution in [-0.4, -0.2) is 43.0 Å². The minimum Gasteiger partial charge on any atom is -0.472 e. The van der Waals surface area contributed by atoms with E-state index < -0.39 is 0 Å². The van der Waals surface area contributed by atoms with Gasteiger partial charge in [-0.3, -0.25) is 0 Å². The fraction of sp³-hybridized carbons (Fsp3) is 0.346. The van der Waals surface area contributed by atoms with Crippen LogP contribution >= 0.6 is 0 Å². The van der Waals surface area contributed by atoms with E-state index in [0.29, 0.717) is 24.6 Å². The molecule has 0 aliphatic carbocycles. The molecule has 33 heavy (non-hydrogen) atoms. The lowest BCUT2D eigenvalue weighted by Crippen LogP contribution is -2.25. The maximum atomic E-state index is 13.1. The minimum absolute atomic E-state index is 0.0386. The van der Waals surface area contributed by atoms with Crippen molar-refractivity contribution in [3.8, 4) is 17.4 Å². The van der Waals surface area contributed by atoms with Crippen molar-refractivity contribution in [2.24, 2.45) is 0 Å². The number of aromatic nitrogens is 1. The van der Waals surface area contributed by atoms with Gasteiger partial charge in [-0.15, -0.1) is 0 Å². The smallest absolute Gasteiger partial charge is 0.213 e. The fourth-order valence-corrected chi connectivity index (χ4v) is 4.06. The van der Waals surface area contributed by atoms with Crippen LogP contribution in [0.4, 0.5) is 10.1 Å². The molecule has 6 nitrogen and oxygen atoms in total. The molecule has 1 saturated heterocycles. The Morgan fingerprint density at radius 2 is 2.03 bits per heavy atom. The maximum absolute atomic E-state index is 13.1. The zero-order valence-corrected chi connectivity index (χ0v) is 18.9. The van der Waals surface area contributed by atoms with Gasteiger partial charge in [-0.1, -0.05) is 18.2 Å². The van der Waals surface area contributed by atoms with Gasteiger partial charge in [-0.2, -0.15) is 0 Å². The standard InChI is InChI=1S/C26H29FN2O4/c1-18(31-2)23-5-3-4-6-25(23)32-21-8-9-24(19(15-21)12-14-30)29-13-11-22(17-29)33-26-10-7-20(27)16-28-26/h3-10,15-16,18,22,30H,11-14,17H2,1-2H3/t18?,22-/m0/s1. The average molecular weight is 453 g/mol. The van der Waals surface area contributed by atoms with E-state index in [2.05, 4.69) is 9.88 Å². The molecular weight excluding hydrogens is 423 g/mol. The Labute approximate surface area is 193 Å². The Morgan fingerprint density at radius 3 is 2.79 bits per heavy atom. The lowest BCUT2D eigenvalue weighted by Gasteiger charge is -2.23. The van der Waals surface area contributed by atoms with E-state index in [9.17, 15) is 9.50 Å². The van der Waals surface area contributed by atoms with E-state index in [0.717, 1.165) is 41.7 Å². The summed E-state index contributed by atoms with van der Waals surface area (Å²) in [6, 6.07) is 16.7. The number of rotatable bonds is 9. The summed E-state index contributed by atoms with van der Waals surface area (Å²) in [5, 5.41) is 9.65. The molecule has 1 aromatic heterocycles. The Balaban J connectivity index is 1.49. The van der Waals surface area contributed by atoms with Crippen LogP contribution in [0.3, 0.4) is 0 Å². The molecule has 0 saturated carbocycles. The summed E-state index contributed by atoms with van der Waals surface area (Å²) >= 11 is 0. The van der Waals surface area contributed by atoms with Crippen molar-refractivity contribution in [2.75, 3.05) is 31.7 Å². The maximum Gasteiger partial charge on any atom is 0.213 e. The van der Waals surface area contributed by atoms with E-state index >= 15 is 0 Å². The monoisotopic (exact) mass is 452 g/mol. The number of methoxy groups -OCH3 is 1. The van der Waals surface area contributed by atoms with Gasteiger partial charge < -0.3 is 24.2 Å². The molecule has 174 valence electrons. The van der Waals surface area contributed by atoms with Crippen LogP contribution in [0.25, 0.3) is 0 Å². The number of ether oxygens (including phenoxy) is 3. The Kier molecular flexibility index (Phi) is 7.42. The normalized spacial score (nSPS) is 16.6. The van der Waals surface area contributed by atoms with Crippen LogP contribution in [0, 0.1) is 5.82 Å². The molecule has 4 rings (SSSR count). The van der Waals surface area contributed by atoms with Crippen molar-refractivity contribution >= 4 is 5.69 Å². The number of pyridine rings is 1. The number of halogens is 1. The summed E-state index contributed by atoms with van der Waals surface area (Å²) in [6.07, 6.45) is 2.38. The summed E-state index contributed by atoms with van der Waals surface area (Å²) in [5.74, 6) is 1.49. The molecule has 2 atom stereocenters. The van der Waals surface area contributed by atoms with E-state index in [4.69, 9.17) is 14.2 Å². The van der Waals surface area contributed by atoms with Crippen LogP contribution in [0.15, 0.2) is 60.8 Å². The summed E-state index contributed by atoms with van der Waals surface area (Å²) < 4.78 is 30.7. The zero-order chi connectivity index (χ0) is 23.2. The van der Waals surface area contributed by atoms with Gasteiger partial charge in [0.15, 0.2) is 0 Å². The predicted molar refractivity (Wildman–Crippen MR) is 125 cm³/mol. The number of para-hydroxylation sites is 1. The summed E-state index contributed by atoms with van der Waals surface area (Å²) in [4.78, 5) is 6.23. The second kappa shape index (κ2) is 10.6. The number of aliphatic hydroxyl groups is 1. The number of aliphatic hydroxyl groups excluding tert-OH is 1. The number of anilines is 1. The third-order valence-electron chi connectivity index (χ3n) is 5.84. The molecule has 1 fully saturated rings. The van der Waals surface area contributed by atoms with Crippen LogP contribution < -0.4 is 14.4 Å². The van der Waals surface area contributed by atoms with Crippen LogP contribution in [0.5, 0.6) is 17.4 Å². The van der Waals surface area contributed by atoms with Crippen molar-refractivity contribution in [1.82, 2.24) is 4.98 Å². The SMILES string of the molecule is COC(C)c1ccccc1Oc1ccc(N2CC[C@H](Oc3ccc(F)cn3)C2)c(CCO)c1. The molecular formula is C26H29FN2O4. The zero-order valence-electron chi connectivity index (χ0n) is 18.9. The van der Waals surface area contributed by atoms with Gasteiger partial charge in [0.25, 0.3) is 0 Å². The molecule has 0 bridgehead atoms. The van der Waals surface area contributed by atoms with Crippen LogP contribution in [0.1, 0.15) is 30.6 Å². The molecule has 1 aliphatic heterocycles. The second-order valence-electron chi connectivity index (χ2n) is 8.07. The first-order chi connectivity index (χ1) is 16.1. The van der Waals surface area contributed by atoms with Gasteiger partial charge in [0.1, 0.15) is 23.4 Å². The number of benzene rings is 2. The molecule has 1 aliphatic rings. The van der Waals surface area contributed by atoms with Crippen LogP contribution in [0.2, 0.25) is 0 Å². The molecule has 1 unspecified atom stereocenters. The van der Waals surface area contributed by atoms with Crippen molar-refractivity contribution in [3.63, 3.8) is 0 Å². The summed E-state index contributed by atoms with van der Waals surface area (Å²) in [5.41, 5.74) is 3.03. The van der Waals surface area contributed by atoms with Crippen molar-refractivity contribution in [1.29, 1.82) is 0 Å². The van der Waals surface area contributed by atoms with Gasteiger partial charge in [-0.25, -0.2) is 9.37 Å². The van der Waals surface area contributed by atoms with Crippen LogP contribution in [-0.2, 0) is 11.2 Å². The molecule has 0 spiro atoms. The lowest BCUT2D eigenvalue weighted by molar-refractivity contribution is 0.117. The first-order valence-corrected chi connectivity index (χ1v) is 11.1. The number of hydrogen-bond donors (Lipinski definition) is 1. The van der Waals surface area contributed by atoms with Gasteiger partial charge in [0, 0.05) is 44.0 Å². The van der Waals surface area contributed by atoms with Crippen molar-refractivity contribution < 1.29 is 23.7 Å². The highest BCUT2D eigenvalue weighted by Gasteiger charge is 2.26. The highest BCUT2D eigenvalue weighted by atomic mass is 19.1. The Morgan fingerprint density at radius 1 is 1.18 bits per heavy atom. The number of hydrogen-bond acceptors (Lipinski definition) is 6. The van der Waals surface area contributed by atoms with Crippen molar-refractivity contribution in [3.05, 3.63) is 77.7 Å². The molecule has 7 heteroatoms. The fourth-order valence-electron chi connectivity index (χ4n) is 4.06. The Bertz CT molecular complexity index is 1060. The molecule has 0 radical (unpaired) electrons. The topological polar surface area (TPSA) is 64.1 Å². The molecule has 0 amide bonds. The van der Waals surface area contributed by atoms with E-state index in [-0.39, 0.29) is 24.6 Å². The first kappa shape index (κ1) is 23.0. The van der Waals surface area contributed by atoms with Gasteiger partial charge in [0.05, 0.1) is 18.8 Å². The predicted octanol–water partition coefficient (Wildman–Crippen LogP) is 4.91. The van der Waals surface area contributed by atoms with Crippen molar-refractivity contribution in [2.45, 2.75) is 32.0 Å². The first-order valence-electron chi connectivity index (χ1n) is 11.1. The number of nitrogens with zero attached hydrogens (tertiary/aromatic N) is 2. The second-order valence-corrected chi connectivity index (χ2v) is 8.07. The summed E-state index contributed by atoms with van der Waals surface area (Å²) in [7, 11) is 1.68. The minimum atomic E-state index is -0.384. The third-order valence-corrected chi connectivity index (χ3v) is 5.84. The largest absolute Gasteiger partial charge is 0.472 e. The van der Waals surface area contributed by atoms with Gasteiger partial charge in [0.2, 0.25) is 5.88 Å². The van der Waals surface area contributed by atoms with E-state index in [1.54, 1.807) is 13.2 Å². The van der Waals surface area contributed by atoms with Gasteiger partial charge >= 0.3 is 0 Å². The lowest BCUT2D eigenvalue weighted by atomic mass is 10.1.